The molecule has 0 saturated heterocycles. The lowest BCUT2D eigenvalue weighted by Gasteiger charge is -2.08. The van der Waals surface area contributed by atoms with Gasteiger partial charge in [-0.3, -0.25) is 4.79 Å². The molecule has 0 aliphatic rings. The summed E-state index contributed by atoms with van der Waals surface area (Å²) >= 11 is 0. The van der Waals surface area contributed by atoms with Gasteiger partial charge >= 0.3 is 0 Å². The summed E-state index contributed by atoms with van der Waals surface area (Å²) in [5.41, 5.74) is 7.04. The van der Waals surface area contributed by atoms with Crippen LogP contribution >= 0.6 is 0 Å². The molecule has 0 bridgehead atoms. The second-order valence-corrected chi connectivity index (χ2v) is 3.50. The zero-order chi connectivity index (χ0) is 12.7. The Morgan fingerprint density at radius 2 is 2.35 bits per heavy atom. The van der Waals surface area contributed by atoms with Crippen LogP contribution < -0.4 is 11.1 Å². The summed E-state index contributed by atoms with van der Waals surface area (Å²) < 4.78 is 5.00. The van der Waals surface area contributed by atoms with Gasteiger partial charge in [0, 0.05) is 6.54 Å². The molecule has 3 N–H and O–H groups in total. The summed E-state index contributed by atoms with van der Waals surface area (Å²) in [5, 5.41) is 11.6. The molecule has 1 rings (SSSR count). The largest absolute Gasteiger partial charge is 0.370 e. The molecule has 0 atom stereocenters. The molecular formula is C12H15N3O2. The first-order chi connectivity index (χ1) is 8.19. The van der Waals surface area contributed by atoms with Crippen LogP contribution in [0.2, 0.25) is 0 Å². The normalized spacial score (nSPS) is 9.71. The average molecular weight is 233 g/mol. The van der Waals surface area contributed by atoms with Crippen molar-refractivity contribution in [3.05, 3.63) is 29.3 Å². The van der Waals surface area contributed by atoms with Crippen LogP contribution in [0.5, 0.6) is 0 Å². The number of anilines is 1. The highest BCUT2D eigenvalue weighted by atomic mass is 16.5. The minimum Gasteiger partial charge on any atom is -0.370 e. The highest BCUT2D eigenvalue weighted by molar-refractivity contribution is 5.93. The van der Waals surface area contributed by atoms with Gasteiger partial charge in [0.1, 0.15) is 12.7 Å². The van der Waals surface area contributed by atoms with E-state index in [-0.39, 0.29) is 12.5 Å². The molecule has 0 aliphatic heterocycles. The molecule has 5 heteroatoms. The molecule has 0 radical (unpaired) electrons. The van der Waals surface area contributed by atoms with Gasteiger partial charge in [0.25, 0.3) is 0 Å². The Morgan fingerprint density at radius 3 is 3.00 bits per heavy atom. The number of nitrogens with two attached hydrogens (primary N) is 1. The summed E-state index contributed by atoms with van der Waals surface area (Å²) in [6, 6.07) is 7.35. The molecule has 0 heterocycles. The lowest BCUT2D eigenvalue weighted by Crippen LogP contribution is -2.21. The van der Waals surface area contributed by atoms with Crippen LogP contribution in [-0.4, -0.2) is 25.7 Å². The van der Waals surface area contributed by atoms with Gasteiger partial charge in [0.15, 0.2) is 0 Å². The minimum atomic E-state index is -0.291. The Hall–Kier alpha value is -1.90. The van der Waals surface area contributed by atoms with Crippen molar-refractivity contribution in [1.29, 1.82) is 5.26 Å². The van der Waals surface area contributed by atoms with Crippen LogP contribution in [-0.2, 0) is 9.53 Å². The number of hydrogen-bond acceptors (Lipinski definition) is 4. The molecule has 17 heavy (non-hydrogen) atoms. The number of benzene rings is 1. The third-order valence-electron chi connectivity index (χ3n) is 2.15. The average Bonchev–Trinajstić information content (AvgIpc) is 2.29. The molecule has 0 fully saturated rings. The van der Waals surface area contributed by atoms with E-state index in [1.807, 2.05) is 13.0 Å². The third kappa shape index (κ3) is 3.87. The van der Waals surface area contributed by atoms with E-state index >= 15 is 0 Å². The summed E-state index contributed by atoms with van der Waals surface area (Å²) in [5.74, 6) is -0.291. The molecule has 1 aromatic carbocycles. The number of nitrogens with zero attached hydrogens (tertiary/aromatic N) is 1. The van der Waals surface area contributed by atoms with Crippen molar-refractivity contribution in [2.24, 2.45) is 5.73 Å². The van der Waals surface area contributed by atoms with E-state index in [0.717, 1.165) is 5.56 Å². The predicted molar refractivity (Wildman–Crippen MR) is 64.4 cm³/mol. The molecule has 0 saturated carbocycles. The number of ether oxygens (including phenoxy) is 1. The van der Waals surface area contributed by atoms with Gasteiger partial charge in [-0.15, -0.1) is 0 Å². The van der Waals surface area contributed by atoms with Crippen LogP contribution in [0.1, 0.15) is 11.1 Å². The number of hydrogen-bond donors (Lipinski definition) is 2. The summed E-state index contributed by atoms with van der Waals surface area (Å²) in [7, 11) is 0. The van der Waals surface area contributed by atoms with Gasteiger partial charge in [-0.25, -0.2) is 0 Å². The molecule has 1 aromatic rings. The van der Waals surface area contributed by atoms with Crippen LogP contribution in [0.15, 0.2) is 18.2 Å². The standard InChI is InChI=1S/C12H15N3O2/c1-9-3-2-4-11(10(9)7-14)15-12(16)8-17-6-5-13/h2-4H,5-6,8,13H2,1H3,(H,15,16). The summed E-state index contributed by atoms with van der Waals surface area (Å²) in [6.45, 7) is 2.47. The number of aryl methyl sites for hydroxylation is 1. The lowest BCUT2D eigenvalue weighted by molar-refractivity contribution is -0.120. The SMILES string of the molecule is Cc1cccc(NC(=O)COCCN)c1C#N. The summed E-state index contributed by atoms with van der Waals surface area (Å²) in [4.78, 5) is 11.5. The quantitative estimate of drug-likeness (QED) is 0.735. The van der Waals surface area contributed by atoms with Crippen molar-refractivity contribution in [2.75, 3.05) is 25.1 Å². The van der Waals surface area contributed by atoms with E-state index in [1.165, 1.54) is 0 Å². The van der Waals surface area contributed by atoms with Gasteiger partial charge in [0.05, 0.1) is 17.9 Å². The number of nitriles is 1. The van der Waals surface area contributed by atoms with E-state index in [2.05, 4.69) is 11.4 Å². The lowest BCUT2D eigenvalue weighted by atomic mass is 10.1. The second kappa shape index (κ2) is 6.63. The highest BCUT2D eigenvalue weighted by Gasteiger charge is 2.08. The Kier molecular flexibility index (Phi) is 5.14. The molecule has 90 valence electrons. The molecular weight excluding hydrogens is 218 g/mol. The van der Waals surface area contributed by atoms with Gasteiger partial charge in [-0.05, 0) is 18.6 Å². The van der Waals surface area contributed by atoms with Crippen LogP contribution in [0.25, 0.3) is 0 Å². The third-order valence-corrected chi connectivity index (χ3v) is 2.15. The monoisotopic (exact) mass is 233 g/mol. The number of nitrogens with one attached hydrogen (secondary N) is 1. The minimum absolute atomic E-state index is 0.0595. The van der Waals surface area contributed by atoms with Gasteiger partial charge < -0.3 is 15.8 Å². The predicted octanol–water partition coefficient (Wildman–Crippen LogP) is 0.780. The second-order valence-electron chi connectivity index (χ2n) is 3.50. The number of carbonyl (C=O) groups is 1. The van der Waals surface area contributed by atoms with E-state index in [9.17, 15) is 4.79 Å². The van der Waals surface area contributed by atoms with Crippen LogP contribution in [0.3, 0.4) is 0 Å². The molecule has 0 aromatic heterocycles. The van der Waals surface area contributed by atoms with Crippen molar-refractivity contribution in [3.8, 4) is 6.07 Å². The first-order valence-electron chi connectivity index (χ1n) is 5.26. The fraction of sp³-hybridized carbons (Fsp3) is 0.333. The molecule has 0 spiro atoms. The van der Waals surface area contributed by atoms with E-state index in [1.54, 1.807) is 12.1 Å². The van der Waals surface area contributed by atoms with E-state index < -0.39 is 0 Å². The van der Waals surface area contributed by atoms with E-state index in [0.29, 0.717) is 24.4 Å². The van der Waals surface area contributed by atoms with Crippen molar-refractivity contribution in [2.45, 2.75) is 6.92 Å². The van der Waals surface area contributed by atoms with Gasteiger partial charge in [-0.2, -0.15) is 5.26 Å². The number of rotatable bonds is 5. The van der Waals surface area contributed by atoms with Crippen molar-refractivity contribution in [3.63, 3.8) is 0 Å². The van der Waals surface area contributed by atoms with Gasteiger partial charge in [0.2, 0.25) is 5.91 Å². The highest BCUT2D eigenvalue weighted by Crippen LogP contribution is 2.17. The zero-order valence-corrected chi connectivity index (χ0v) is 9.69. The van der Waals surface area contributed by atoms with Gasteiger partial charge in [-0.1, -0.05) is 12.1 Å². The fourth-order valence-electron chi connectivity index (χ4n) is 1.35. The molecule has 1 amide bonds. The smallest absolute Gasteiger partial charge is 0.250 e. The van der Waals surface area contributed by atoms with Crippen molar-refractivity contribution in [1.82, 2.24) is 0 Å². The van der Waals surface area contributed by atoms with Crippen molar-refractivity contribution < 1.29 is 9.53 Å². The Bertz CT molecular complexity index is 438. The topological polar surface area (TPSA) is 88.1 Å². The van der Waals surface area contributed by atoms with Crippen molar-refractivity contribution >= 4 is 11.6 Å². The van der Waals surface area contributed by atoms with E-state index in [4.69, 9.17) is 15.7 Å². The first-order valence-corrected chi connectivity index (χ1v) is 5.26. The Morgan fingerprint density at radius 1 is 1.59 bits per heavy atom. The van der Waals surface area contributed by atoms with Crippen LogP contribution in [0, 0.1) is 18.3 Å². The Labute approximate surface area is 100 Å². The number of amides is 1. The fourth-order valence-corrected chi connectivity index (χ4v) is 1.35. The molecule has 5 nitrogen and oxygen atoms in total. The summed E-state index contributed by atoms with van der Waals surface area (Å²) in [6.07, 6.45) is 0. The Balaban J connectivity index is 2.66. The zero-order valence-electron chi connectivity index (χ0n) is 9.69. The maximum Gasteiger partial charge on any atom is 0.250 e. The first kappa shape index (κ1) is 13.2. The molecule has 0 unspecified atom stereocenters. The van der Waals surface area contributed by atoms with Crippen LogP contribution in [0.4, 0.5) is 5.69 Å². The maximum atomic E-state index is 11.5. The molecule has 0 aliphatic carbocycles. The number of carbonyl (C=O) groups excluding carboxylic acids is 1. The maximum absolute atomic E-state index is 11.5.